The zero-order chi connectivity index (χ0) is 19.8. The highest BCUT2D eigenvalue weighted by Crippen LogP contribution is 2.40. The molecule has 1 aromatic carbocycles. The molecule has 1 saturated heterocycles. The van der Waals surface area contributed by atoms with Gasteiger partial charge in [0, 0.05) is 49.4 Å². The van der Waals surface area contributed by atoms with E-state index >= 15 is 0 Å². The van der Waals surface area contributed by atoms with Crippen LogP contribution in [0.1, 0.15) is 50.1 Å². The first-order valence-electron chi connectivity index (χ1n) is 11.3. The van der Waals surface area contributed by atoms with Crippen molar-refractivity contribution in [3.05, 3.63) is 52.4 Å². The fourth-order valence-corrected chi connectivity index (χ4v) is 6.01. The van der Waals surface area contributed by atoms with E-state index in [0.29, 0.717) is 11.8 Å². The molecule has 2 aromatic rings. The van der Waals surface area contributed by atoms with Crippen LogP contribution in [0.4, 0.5) is 0 Å². The number of nitrogens with zero attached hydrogens (tertiary/aromatic N) is 2. The van der Waals surface area contributed by atoms with Gasteiger partial charge >= 0.3 is 0 Å². The second-order valence-corrected chi connectivity index (χ2v) is 9.33. The maximum absolute atomic E-state index is 12.7. The Morgan fingerprint density at radius 2 is 1.76 bits per heavy atom. The molecule has 4 heteroatoms. The number of aromatic nitrogens is 1. The molecule has 29 heavy (non-hydrogen) atoms. The summed E-state index contributed by atoms with van der Waals surface area (Å²) in [5.74, 6) is 2.81. The molecule has 2 bridgehead atoms. The summed E-state index contributed by atoms with van der Waals surface area (Å²) >= 11 is 0. The zero-order valence-electron chi connectivity index (χ0n) is 17.5. The third-order valence-corrected chi connectivity index (χ3v) is 7.31. The van der Waals surface area contributed by atoms with Gasteiger partial charge in [0.05, 0.1) is 7.11 Å². The molecule has 3 aliphatic rings. The molecule has 2 aliphatic heterocycles. The summed E-state index contributed by atoms with van der Waals surface area (Å²) in [6.07, 6.45) is 8.26. The largest absolute Gasteiger partial charge is 0.497 e. The normalized spacial score (nSPS) is 24.9. The predicted octanol–water partition coefficient (Wildman–Crippen LogP) is 4.52. The van der Waals surface area contributed by atoms with E-state index < -0.39 is 0 Å². The van der Waals surface area contributed by atoms with Crippen LogP contribution in [0.15, 0.2) is 41.2 Å². The van der Waals surface area contributed by atoms with Crippen molar-refractivity contribution in [2.75, 3.05) is 26.7 Å². The number of benzene rings is 1. The fourth-order valence-electron chi connectivity index (χ4n) is 6.01. The van der Waals surface area contributed by atoms with Gasteiger partial charge in [-0.1, -0.05) is 31.4 Å². The summed E-state index contributed by atoms with van der Waals surface area (Å²) < 4.78 is 7.41. The van der Waals surface area contributed by atoms with Crippen molar-refractivity contribution in [3.63, 3.8) is 0 Å². The molecule has 2 fully saturated rings. The number of hydrogen-bond acceptors (Lipinski definition) is 3. The Hall–Kier alpha value is -2.07. The van der Waals surface area contributed by atoms with Gasteiger partial charge in [0.2, 0.25) is 0 Å². The molecule has 0 N–H and O–H groups in total. The van der Waals surface area contributed by atoms with Crippen LogP contribution in [0, 0.1) is 11.8 Å². The molecule has 0 spiro atoms. The number of methoxy groups -OCH3 is 1. The third-order valence-electron chi connectivity index (χ3n) is 7.31. The molecule has 2 atom stereocenters. The minimum absolute atomic E-state index is 0.160. The van der Waals surface area contributed by atoms with Crippen LogP contribution in [-0.4, -0.2) is 36.2 Å². The van der Waals surface area contributed by atoms with Gasteiger partial charge in [-0.3, -0.25) is 4.79 Å². The number of ether oxygens (including phenoxy) is 1. The minimum atomic E-state index is 0.160. The maximum Gasteiger partial charge on any atom is 0.250 e. The van der Waals surface area contributed by atoms with E-state index in [0.717, 1.165) is 31.3 Å². The number of piperidine rings is 1. The van der Waals surface area contributed by atoms with Crippen molar-refractivity contribution in [1.82, 2.24) is 9.47 Å². The highest BCUT2D eigenvalue weighted by molar-refractivity contribution is 5.67. The standard InChI is InChI=1S/C25H32N2O2/c1-29-22-9-7-20(8-10-22)23-11-12-24(28)27-16-19-13-21(25(23)27)17-26(15-19)14-18-5-3-2-4-6-18/h7-12,18-19,21H,2-6,13-17H2,1H3/t19-,21+/m0/s1. The first-order chi connectivity index (χ1) is 14.2. The lowest BCUT2D eigenvalue weighted by Crippen LogP contribution is -2.48. The fraction of sp³-hybridized carbons (Fsp3) is 0.560. The van der Waals surface area contributed by atoms with Crippen molar-refractivity contribution in [3.8, 4) is 16.9 Å². The van der Waals surface area contributed by atoms with Crippen molar-refractivity contribution in [1.29, 1.82) is 0 Å². The summed E-state index contributed by atoms with van der Waals surface area (Å²) in [5.41, 5.74) is 3.81. The maximum atomic E-state index is 12.7. The first kappa shape index (κ1) is 18.9. The first-order valence-corrected chi connectivity index (χ1v) is 11.3. The molecular weight excluding hydrogens is 360 g/mol. The zero-order valence-corrected chi connectivity index (χ0v) is 17.5. The molecule has 4 nitrogen and oxygen atoms in total. The highest BCUT2D eigenvalue weighted by Gasteiger charge is 2.36. The summed E-state index contributed by atoms with van der Waals surface area (Å²) in [5, 5.41) is 0. The van der Waals surface area contributed by atoms with Crippen molar-refractivity contribution < 1.29 is 4.74 Å². The van der Waals surface area contributed by atoms with Gasteiger partial charge in [-0.05, 0) is 54.9 Å². The van der Waals surface area contributed by atoms with Crippen LogP contribution in [0.5, 0.6) is 5.75 Å². The lowest BCUT2D eigenvalue weighted by Gasteiger charge is -2.44. The third kappa shape index (κ3) is 3.75. The quantitative estimate of drug-likeness (QED) is 0.767. The van der Waals surface area contributed by atoms with E-state index in [1.165, 1.54) is 61.9 Å². The average molecular weight is 393 g/mol. The van der Waals surface area contributed by atoms with Gasteiger partial charge in [0.15, 0.2) is 0 Å². The van der Waals surface area contributed by atoms with E-state index in [1.54, 1.807) is 13.2 Å². The lowest BCUT2D eigenvalue weighted by atomic mass is 9.79. The highest BCUT2D eigenvalue weighted by atomic mass is 16.5. The number of likely N-dealkylation sites (tertiary alicyclic amines) is 1. The topological polar surface area (TPSA) is 34.5 Å². The van der Waals surface area contributed by atoms with Gasteiger partial charge in [-0.25, -0.2) is 0 Å². The molecule has 3 heterocycles. The number of pyridine rings is 1. The smallest absolute Gasteiger partial charge is 0.250 e. The lowest BCUT2D eigenvalue weighted by molar-refractivity contribution is 0.0970. The molecule has 5 rings (SSSR count). The molecule has 154 valence electrons. The van der Waals surface area contributed by atoms with Crippen LogP contribution < -0.4 is 10.3 Å². The monoisotopic (exact) mass is 392 g/mol. The summed E-state index contributed by atoms with van der Waals surface area (Å²) in [6, 6.07) is 12.1. The van der Waals surface area contributed by atoms with E-state index in [4.69, 9.17) is 4.74 Å². The average Bonchev–Trinajstić information content (AvgIpc) is 2.75. The number of fused-ring (bicyclic) bond motifs is 4. The van der Waals surface area contributed by atoms with Crippen LogP contribution in [0.3, 0.4) is 0 Å². The van der Waals surface area contributed by atoms with Gasteiger partial charge in [-0.15, -0.1) is 0 Å². The van der Waals surface area contributed by atoms with Gasteiger partial charge < -0.3 is 14.2 Å². The second kappa shape index (κ2) is 7.98. The van der Waals surface area contributed by atoms with Gasteiger partial charge in [0.1, 0.15) is 5.75 Å². The van der Waals surface area contributed by atoms with Crippen LogP contribution >= 0.6 is 0 Å². The summed E-state index contributed by atoms with van der Waals surface area (Å²) in [4.78, 5) is 15.4. The number of hydrogen-bond donors (Lipinski definition) is 0. The Labute approximate surface area is 173 Å². The Kier molecular flexibility index (Phi) is 5.21. The van der Waals surface area contributed by atoms with E-state index in [9.17, 15) is 4.79 Å². The molecule has 1 aliphatic carbocycles. The van der Waals surface area contributed by atoms with E-state index in [2.05, 4.69) is 21.6 Å². The van der Waals surface area contributed by atoms with Gasteiger partial charge in [-0.2, -0.15) is 0 Å². The molecular formula is C25H32N2O2. The van der Waals surface area contributed by atoms with Crippen LogP contribution in [-0.2, 0) is 6.54 Å². The number of rotatable bonds is 4. The second-order valence-electron chi connectivity index (χ2n) is 9.33. The molecule has 0 amide bonds. The van der Waals surface area contributed by atoms with E-state index in [1.807, 2.05) is 18.2 Å². The molecule has 1 aromatic heterocycles. The van der Waals surface area contributed by atoms with Crippen molar-refractivity contribution >= 4 is 0 Å². The Morgan fingerprint density at radius 3 is 2.52 bits per heavy atom. The van der Waals surface area contributed by atoms with Crippen molar-refractivity contribution in [2.45, 2.75) is 51.0 Å². The van der Waals surface area contributed by atoms with Crippen molar-refractivity contribution in [2.24, 2.45) is 11.8 Å². The van der Waals surface area contributed by atoms with Gasteiger partial charge in [0.25, 0.3) is 5.56 Å². The Bertz CT molecular complexity index is 911. The Morgan fingerprint density at radius 1 is 0.966 bits per heavy atom. The summed E-state index contributed by atoms with van der Waals surface area (Å²) in [6.45, 7) is 4.38. The molecule has 0 unspecified atom stereocenters. The molecule has 1 saturated carbocycles. The van der Waals surface area contributed by atoms with Crippen LogP contribution in [0.25, 0.3) is 11.1 Å². The Balaban J connectivity index is 1.45. The SMILES string of the molecule is COc1ccc(-c2ccc(=O)n3c2[C@@H]2C[C@@H](CN(CC4CCCCC4)C2)C3)cc1. The minimum Gasteiger partial charge on any atom is -0.497 e. The van der Waals surface area contributed by atoms with E-state index in [-0.39, 0.29) is 5.56 Å². The molecule has 0 radical (unpaired) electrons. The predicted molar refractivity (Wildman–Crippen MR) is 117 cm³/mol. The summed E-state index contributed by atoms with van der Waals surface area (Å²) in [7, 11) is 1.70. The van der Waals surface area contributed by atoms with Crippen LogP contribution in [0.2, 0.25) is 0 Å².